The summed E-state index contributed by atoms with van der Waals surface area (Å²) < 4.78 is 0. The molecule has 1 nitrogen and oxygen atoms in total. The van der Waals surface area contributed by atoms with Crippen molar-refractivity contribution in [1.29, 1.82) is 0 Å². The van der Waals surface area contributed by atoms with Crippen molar-refractivity contribution in [1.82, 2.24) is 0 Å². The summed E-state index contributed by atoms with van der Waals surface area (Å²) in [6.45, 7) is 4.23. The van der Waals surface area contributed by atoms with Gasteiger partial charge in [-0.15, -0.1) is 11.8 Å². The van der Waals surface area contributed by atoms with Crippen LogP contribution in [0.3, 0.4) is 0 Å². The van der Waals surface area contributed by atoms with Gasteiger partial charge in [-0.05, 0) is 13.3 Å². The minimum Gasteiger partial charge on any atom is -0.298 e. The van der Waals surface area contributed by atoms with Crippen molar-refractivity contribution in [3.8, 4) is 0 Å². The van der Waals surface area contributed by atoms with Gasteiger partial charge in [0.25, 0.3) is 0 Å². The Balaban J connectivity index is 2.62. The standard InChI is InChI=1S/C8H12OS/c1-3-8-4-7(5-9)6(2)10-8/h4-6,8H,3H2,1-2H3. The van der Waals surface area contributed by atoms with Crippen LogP contribution in [0.25, 0.3) is 0 Å². The average Bonchev–Trinajstić information content (AvgIpc) is 2.30. The Kier molecular flexibility index (Phi) is 2.55. The Morgan fingerprint density at radius 1 is 1.80 bits per heavy atom. The second-order valence-corrected chi connectivity index (χ2v) is 4.09. The molecule has 0 bridgehead atoms. The summed E-state index contributed by atoms with van der Waals surface area (Å²) in [4.78, 5) is 10.4. The Morgan fingerprint density at radius 2 is 2.50 bits per heavy atom. The lowest BCUT2D eigenvalue weighted by Crippen LogP contribution is -1.96. The maximum absolute atomic E-state index is 10.4. The third-order valence-corrected chi connectivity index (χ3v) is 3.26. The summed E-state index contributed by atoms with van der Waals surface area (Å²) in [7, 11) is 0. The molecule has 56 valence electrons. The first-order chi connectivity index (χ1) is 4.77. The highest BCUT2D eigenvalue weighted by molar-refractivity contribution is 8.01. The van der Waals surface area contributed by atoms with E-state index in [0.29, 0.717) is 10.5 Å². The molecular weight excluding hydrogens is 144 g/mol. The van der Waals surface area contributed by atoms with Crippen LogP contribution in [0.5, 0.6) is 0 Å². The Bertz CT molecular complexity index is 163. The highest BCUT2D eigenvalue weighted by atomic mass is 32.2. The Morgan fingerprint density at radius 3 is 2.80 bits per heavy atom. The van der Waals surface area contributed by atoms with Gasteiger partial charge in [-0.2, -0.15) is 0 Å². The summed E-state index contributed by atoms with van der Waals surface area (Å²) in [5, 5.41) is 0.998. The molecule has 1 aliphatic rings. The highest BCUT2D eigenvalue weighted by Gasteiger charge is 2.21. The summed E-state index contributed by atoms with van der Waals surface area (Å²) in [6.07, 6.45) is 4.20. The summed E-state index contributed by atoms with van der Waals surface area (Å²) >= 11 is 1.87. The monoisotopic (exact) mass is 156 g/mol. The van der Waals surface area contributed by atoms with E-state index in [1.807, 2.05) is 11.8 Å². The van der Waals surface area contributed by atoms with E-state index < -0.39 is 0 Å². The van der Waals surface area contributed by atoms with E-state index >= 15 is 0 Å². The molecule has 0 fully saturated rings. The Labute approximate surface area is 65.9 Å². The second kappa shape index (κ2) is 3.24. The predicted molar refractivity (Wildman–Crippen MR) is 45.3 cm³/mol. The maximum atomic E-state index is 10.4. The lowest BCUT2D eigenvalue weighted by Gasteiger charge is -2.04. The Hall–Kier alpha value is -0.240. The van der Waals surface area contributed by atoms with Crippen molar-refractivity contribution in [2.45, 2.75) is 30.8 Å². The van der Waals surface area contributed by atoms with Crippen molar-refractivity contribution in [2.24, 2.45) is 0 Å². The molecule has 0 spiro atoms. The first kappa shape index (κ1) is 7.86. The quantitative estimate of drug-likeness (QED) is 0.569. The van der Waals surface area contributed by atoms with E-state index in [0.717, 1.165) is 18.3 Å². The van der Waals surface area contributed by atoms with Gasteiger partial charge in [-0.3, -0.25) is 4.79 Å². The van der Waals surface area contributed by atoms with Crippen LogP contribution in [0.4, 0.5) is 0 Å². The topological polar surface area (TPSA) is 17.1 Å². The molecule has 0 radical (unpaired) electrons. The van der Waals surface area contributed by atoms with Gasteiger partial charge in [0.2, 0.25) is 0 Å². The number of carbonyl (C=O) groups excluding carboxylic acids is 1. The van der Waals surface area contributed by atoms with Crippen LogP contribution in [-0.4, -0.2) is 16.8 Å². The van der Waals surface area contributed by atoms with Crippen molar-refractivity contribution in [3.63, 3.8) is 0 Å². The smallest absolute Gasteiger partial charge is 0.146 e. The van der Waals surface area contributed by atoms with Gasteiger partial charge in [-0.1, -0.05) is 13.0 Å². The van der Waals surface area contributed by atoms with E-state index in [-0.39, 0.29) is 0 Å². The third kappa shape index (κ3) is 1.43. The molecule has 2 heteroatoms. The van der Waals surface area contributed by atoms with Crippen molar-refractivity contribution >= 4 is 18.0 Å². The van der Waals surface area contributed by atoms with Gasteiger partial charge in [0.15, 0.2) is 0 Å². The van der Waals surface area contributed by atoms with E-state index in [1.54, 1.807) is 0 Å². The molecule has 0 amide bonds. The fraction of sp³-hybridized carbons (Fsp3) is 0.625. The van der Waals surface area contributed by atoms with Crippen LogP contribution in [0.2, 0.25) is 0 Å². The normalized spacial score (nSPS) is 32.0. The van der Waals surface area contributed by atoms with Gasteiger partial charge < -0.3 is 0 Å². The van der Waals surface area contributed by atoms with E-state index in [2.05, 4.69) is 19.9 Å². The lowest BCUT2D eigenvalue weighted by atomic mass is 10.2. The highest BCUT2D eigenvalue weighted by Crippen LogP contribution is 2.33. The van der Waals surface area contributed by atoms with Gasteiger partial charge in [-0.25, -0.2) is 0 Å². The SMILES string of the molecule is CCC1C=C(C=O)C(C)S1. The van der Waals surface area contributed by atoms with Crippen LogP contribution in [-0.2, 0) is 4.79 Å². The molecule has 0 saturated carbocycles. The van der Waals surface area contributed by atoms with Gasteiger partial charge in [0.1, 0.15) is 6.29 Å². The zero-order valence-electron chi connectivity index (χ0n) is 6.33. The number of rotatable bonds is 2. The van der Waals surface area contributed by atoms with Crippen LogP contribution >= 0.6 is 11.8 Å². The fourth-order valence-corrected chi connectivity index (χ4v) is 2.32. The second-order valence-electron chi connectivity index (χ2n) is 2.51. The van der Waals surface area contributed by atoms with E-state index in [1.165, 1.54) is 0 Å². The first-order valence-corrected chi connectivity index (χ1v) is 4.54. The molecule has 2 unspecified atom stereocenters. The molecule has 1 rings (SSSR count). The zero-order valence-corrected chi connectivity index (χ0v) is 7.15. The molecule has 2 atom stereocenters. The molecule has 0 saturated heterocycles. The third-order valence-electron chi connectivity index (χ3n) is 1.77. The lowest BCUT2D eigenvalue weighted by molar-refractivity contribution is -0.104. The molecular formula is C8H12OS. The molecule has 0 aromatic carbocycles. The van der Waals surface area contributed by atoms with Crippen LogP contribution in [0.1, 0.15) is 20.3 Å². The van der Waals surface area contributed by atoms with E-state index in [4.69, 9.17) is 0 Å². The molecule has 1 aliphatic heterocycles. The summed E-state index contributed by atoms with van der Waals surface area (Å²) in [5.74, 6) is 0. The molecule has 0 aliphatic carbocycles. The minimum absolute atomic E-state index is 0.419. The zero-order chi connectivity index (χ0) is 7.56. The molecule has 0 aromatic heterocycles. The number of hydrogen-bond acceptors (Lipinski definition) is 2. The number of hydrogen-bond donors (Lipinski definition) is 0. The van der Waals surface area contributed by atoms with E-state index in [9.17, 15) is 4.79 Å². The fourth-order valence-electron chi connectivity index (χ4n) is 1.08. The molecule has 0 aromatic rings. The minimum atomic E-state index is 0.419. The van der Waals surface area contributed by atoms with Crippen LogP contribution < -0.4 is 0 Å². The van der Waals surface area contributed by atoms with Gasteiger partial charge in [0, 0.05) is 16.1 Å². The number of carbonyl (C=O) groups is 1. The molecule has 10 heavy (non-hydrogen) atoms. The van der Waals surface area contributed by atoms with Crippen molar-refractivity contribution in [3.05, 3.63) is 11.6 Å². The van der Waals surface area contributed by atoms with Gasteiger partial charge >= 0.3 is 0 Å². The maximum Gasteiger partial charge on any atom is 0.146 e. The predicted octanol–water partition coefficient (Wildman–Crippen LogP) is 2.03. The largest absolute Gasteiger partial charge is 0.298 e. The van der Waals surface area contributed by atoms with Crippen LogP contribution in [0, 0.1) is 0 Å². The summed E-state index contributed by atoms with van der Waals surface area (Å²) in [5.41, 5.74) is 0.969. The first-order valence-electron chi connectivity index (χ1n) is 3.60. The van der Waals surface area contributed by atoms with Crippen molar-refractivity contribution in [2.75, 3.05) is 0 Å². The molecule has 1 heterocycles. The van der Waals surface area contributed by atoms with Crippen molar-refractivity contribution < 1.29 is 4.79 Å². The average molecular weight is 156 g/mol. The van der Waals surface area contributed by atoms with Crippen LogP contribution in [0.15, 0.2) is 11.6 Å². The summed E-state index contributed by atoms with van der Waals surface area (Å²) in [6, 6.07) is 0. The number of aldehydes is 1. The number of thioether (sulfide) groups is 1. The van der Waals surface area contributed by atoms with Gasteiger partial charge in [0.05, 0.1) is 0 Å². The molecule has 0 N–H and O–H groups in total.